The van der Waals surface area contributed by atoms with Crippen LogP contribution < -0.4 is 0 Å². The van der Waals surface area contributed by atoms with Crippen molar-refractivity contribution in [3.63, 3.8) is 0 Å². The van der Waals surface area contributed by atoms with Gasteiger partial charge in [-0.3, -0.25) is 0 Å². The second-order valence-corrected chi connectivity index (χ2v) is 6.43. The molecule has 23 heavy (non-hydrogen) atoms. The maximum atomic E-state index is 12.2. The first-order valence-corrected chi connectivity index (χ1v) is 7.47. The predicted molar refractivity (Wildman–Crippen MR) is 81.2 cm³/mol. The van der Waals surface area contributed by atoms with Crippen LogP contribution in [-0.2, 0) is 9.47 Å². The zero-order valence-electron chi connectivity index (χ0n) is 13.4. The van der Waals surface area contributed by atoms with Crippen LogP contribution in [0.2, 0.25) is 0 Å². The van der Waals surface area contributed by atoms with E-state index < -0.39 is 11.7 Å². The van der Waals surface area contributed by atoms with E-state index in [0.717, 1.165) is 0 Å². The monoisotopic (exact) mass is 320 g/mol. The number of rotatable bonds is 1. The fourth-order valence-electron chi connectivity index (χ4n) is 2.40. The second kappa shape index (κ2) is 5.69. The van der Waals surface area contributed by atoms with E-state index in [9.17, 15) is 9.90 Å². The highest BCUT2D eigenvalue weighted by molar-refractivity contribution is 5.68. The zero-order chi connectivity index (χ0) is 16.6. The average molecular weight is 320 g/mol. The van der Waals surface area contributed by atoms with Gasteiger partial charge in [0.2, 0.25) is 5.88 Å². The van der Waals surface area contributed by atoms with Gasteiger partial charge in [-0.1, -0.05) is 0 Å². The second-order valence-electron chi connectivity index (χ2n) is 6.43. The Morgan fingerprint density at radius 1 is 1.48 bits per heavy atom. The summed E-state index contributed by atoms with van der Waals surface area (Å²) in [4.78, 5) is 18.2. The number of hydrogen-bond donors (Lipinski definition) is 1. The molecule has 0 aliphatic carbocycles. The molecule has 0 aromatic carbocycles. The van der Waals surface area contributed by atoms with Gasteiger partial charge in [-0.2, -0.15) is 9.61 Å². The summed E-state index contributed by atoms with van der Waals surface area (Å²) >= 11 is 0. The summed E-state index contributed by atoms with van der Waals surface area (Å²) in [5, 5.41) is 14.0. The molecule has 2 aromatic heterocycles. The molecule has 2 aromatic rings. The average Bonchev–Trinajstić information content (AvgIpc) is 2.94. The lowest BCUT2D eigenvalue weighted by atomic mass is 10.2. The number of morpholine rings is 1. The molecule has 1 amide bonds. The van der Waals surface area contributed by atoms with Gasteiger partial charge in [0, 0.05) is 18.7 Å². The van der Waals surface area contributed by atoms with Gasteiger partial charge in [0.25, 0.3) is 0 Å². The molecule has 3 rings (SSSR count). The van der Waals surface area contributed by atoms with Gasteiger partial charge in [0.05, 0.1) is 25.0 Å². The maximum Gasteiger partial charge on any atom is 0.410 e. The Kier molecular flexibility index (Phi) is 3.85. The Hall–Kier alpha value is -2.35. The molecule has 0 radical (unpaired) electrons. The van der Waals surface area contributed by atoms with Crippen LogP contribution in [0.5, 0.6) is 5.88 Å². The number of aromatic hydroxyl groups is 1. The highest BCUT2D eigenvalue weighted by atomic mass is 16.6. The van der Waals surface area contributed by atoms with E-state index in [0.29, 0.717) is 31.0 Å². The van der Waals surface area contributed by atoms with Gasteiger partial charge in [-0.15, -0.1) is 0 Å². The first kappa shape index (κ1) is 15.5. The molecule has 1 unspecified atom stereocenters. The van der Waals surface area contributed by atoms with Crippen LogP contribution in [0.1, 0.15) is 32.6 Å². The van der Waals surface area contributed by atoms with Crippen molar-refractivity contribution in [2.75, 3.05) is 19.7 Å². The predicted octanol–water partition coefficient (Wildman–Crippen LogP) is 1.74. The third-order valence-corrected chi connectivity index (χ3v) is 3.41. The van der Waals surface area contributed by atoms with E-state index in [1.54, 1.807) is 17.2 Å². The Morgan fingerprint density at radius 3 is 3.00 bits per heavy atom. The van der Waals surface area contributed by atoms with Crippen LogP contribution in [0, 0.1) is 0 Å². The molecule has 1 saturated heterocycles. The number of nitrogens with zero attached hydrogens (tertiary/aromatic N) is 4. The molecule has 3 heterocycles. The molecule has 1 atom stereocenters. The normalized spacial score (nSPS) is 19.1. The standard InChI is InChI=1S/C15H20N4O4/c1-15(2,3)23-14(21)18-6-7-22-11(9-18)10-8-13(20)19-12(17-10)4-5-16-19/h4-5,8,11,20H,6-7,9H2,1-3H3. The lowest BCUT2D eigenvalue weighted by Crippen LogP contribution is -2.44. The van der Waals surface area contributed by atoms with Gasteiger partial charge in [-0.25, -0.2) is 9.78 Å². The van der Waals surface area contributed by atoms with Gasteiger partial charge in [0.15, 0.2) is 5.65 Å². The van der Waals surface area contributed by atoms with E-state index in [1.807, 2.05) is 20.8 Å². The van der Waals surface area contributed by atoms with Crippen molar-refractivity contribution in [1.29, 1.82) is 0 Å². The van der Waals surface area contributed by atoms with Crippen LogP contribution in [0.3, 0.4) is 0 Å². The van der Waals surface area contributed by atoms with Crippen molar-refractivity contribution in [3.8, 4) is 5.88 Å². The Morgan fingerprint density at radius 2 is 2.26 bits per heavy atom. The molecule has 124 valence electrons. The third kappa shape index (κ3) is 3.37. The SMILES string of the molecule is CC(C)(C)OC(=O)N1CCOC(c2cc(O)n3nccc3n2)C1. The first-order valence-electron chi connectivity index (χ1n) is 7.47. The number of ether oxygens (including phenoxy) is 2. The number of carbonyl (C=O) groups is 1. The van der Waals surface area contributed by atoms with Crippen LogP contribution in [0.15, 0.2) is 18.3 Å². The van der Waals surface area contributed by atoms with Crippen molar-refractivity contribution in [2.45, 2.75) is 32.5 Å². The zero-order valence-corrected chi connectivity index (χ0v) is 13.4. The van der Waals surface area contributed by atoms with Crippen LogP contribution in [-0.4, -0.2) is 56.0 Å². The van der Waals surface area contributed by atoms with Gasteiger partial charge in [0.1, 0.15) is 11.7 Å². The fourth-order valence-corrected chi connectivity index (χ4v) is 2.40. The van der Waals surface area contributed by atoms with Crippen LogP contribution >= 0.6 is 0 Å². The Balaban J connectivity index is 1.78. The minimum Gasteiger partial charge on any atom is -0.493 e. The molecular weight excluding hydrogens is 300 g/mol. The number of carbonyl (C=O) groups excluding carboxylic acids is 1. The summed E-state index contributed by atoms with van der Waals surface area (Å²) in [5.74, 6) is -0.0204. The van der Waals surface area contributed by atoms with Gasteiger partial charge >= 0.3 is 6.09 Å². The Bertz CT molecular complexity index is 722. The molecule has 0 spiro atoms. The van der Waals surface area contributed by atoms with E-state index >= 15 is 0 Å². The van der Waals surface area contributed by atoms with Crippen LogP contribution in [0.25, 0.3) is 5.65 Å². The molecule has 1 N–H and O–H groups in total. The quantitative estimate of drug-likeness (QED) is 0.861. The highest BCUT2D eigenvalue weighted by Gasteiger charge is 2.30. The molecule has 0 bridgehead atoms. The van der Waals surface area contributed by atoms with Crippen LogP contribution in [0.4, 0.5) is 4.79 Å². The highest BCUT2D eigenvalue weighted by Crippen LogP contribution is 2.25. The van der Waals surface area contributed by atoms with Gasteiger partial charge in [-0.05, 0) is 20.8 Å². The molecule has 8 nitrogen and oxygen atoms in total. The van der Waals surface area contributed by atoms with E-state index in [1.165, 1.54) is 10.6 Å². The first-order chi connectivity index (χ1) is 10.8. The number of hydrogen-bond acceptors (Lipinski definition) is 6. The van der Waals surface area contributed by atoms with Crippen molar-refractivity contribution >= 4 is 11.7 Å². The molecule has 1 aliphatic heterocycles. The molecule has 0 saturated carbocycles. The molecule has 1 fully saturated rings. The summed E-state index contributed by atoms with van der Waals surface area (Å²) in [6.45, 7) is 6.66. The van der Waals surface area contributed by atoms with Crippen molar-refractivity contribution < 1.29 is 19.4 Å². The molecular formula is C15H20N4O4. The number of aromatic nitrogens is 3. The maximum absolute atomic E-state index is 12.2. The summed E-state index contributed by atoms with van der Waals surface area (Å²) in [7, 11) is 0. The van der Waals surface area contributed by atoms with E-state index in [-0.39, 0.29) is 12.0 Å². The third-order valence-electron chi connectivity index (χ3n) is 3.41. The Labute approximate surface area is 133 Å². The summed E-state index contributed by atoms with van der Waals surface area (Å²) in [6, 6.07) is 3.20. The van der Waals surface area contributed by atoms with Crippen molar-refractivity contribution in [3.05, 3.63) is 24.0 Å². The topological polar surface area (TPSA) is 89.2 Å². The summed E-state index contributed by atoms with van der Waals surface area (Å²) in [6.07, 6.45) is 0.767. The van der Waals surface area contributed by atoms with Crippen molar-refractivity contribution in [2.24, 2.45) is 0 Å². The summed E-state index contributed by atoms with van der Waals surface area (Å²) in [5.41, 5.74) is 0.541. The van der Waals surface area contributed by atoms with Crippen molar-refractivity contribution in [1.82, 2.24) is 19.5 Å². The number of fused-ring (bicyclic) bond motifs is 1. The lowest BCUT2D eigenvalue weighted by molar-refractivity contribution is -0.0447. The summed E-state index contributed by atoms with van der Waals surface area (Å²) < 4.78 is 12.4. The molecule has 1 aliphatic rings. The largest absolute Gasteiger partial charge is 0.493 e. The van der Waals surface area contributed by atoms with E-state index in [2.05, 4.69) is 10.1 Å². The smallest absolute Gasteiger partial charge is 0.410 e. The lowest BCUT2D eigenvalue weighted by Gasteiger charge is -2.34. The fraction of sp³-hybridized carbons (Fsp3) is 0.533. The van der Waals surface area contributed by atoms with E-state index in [4.69, 9.17) is 9.47 Å². The minimum absolute atomic E-state index is 0.0204. The van der Waals surface area contributed by atoms with Gasteiger partial charge < -0.3 is 19.5 Å². The minimum atomic E-state index is -0.544. The molecule has 8 heteroatoms. The number of amides is 1.